The van der Waals surface area contributed by atoms with Gasteiger partial charge in [0.05, 0.1) is 26.4 Å². The standard InChI is InChI=1S/C16H22N2O4/c19-16(9-13-10-21-8-6-17-13)18-12-1-3-14(4-2-12)22-15-5-7-20-11-15/h1-4,13,15,17H,5-11H2,(H,18,19). The Hall–Kier alpha value is -1.63. The van der Waals surface area contributed by atoms with Crippen molar-refractivity contribution >= 4 is 11.6 Å². The maximum absolute atomic E-state index is 12.0. The van der Waals surface area contributed by atoms with E-state index < -0.39 is 0 Å². The summed E-state index contributed by atoms with van der Waals surface area (Å²) in [5.74, 6) is 0.789. The molecule has 3 rings (SSSR count). The smallest absolute Gasteiger partial charge is 0.226 e. The predicted molar refractivity (Wildman–Crippen MR) is 82.2 cm³/mol. The molecule has 0 saturated carbocycles. The van der Waals surface area contributed by atoms with E-state index in [4.69, 9.17) is 14.2 Å². The lowest BCUT2D eigenvalue weighted by atomic mass is 10.2. The number of amides is 1. The molecule has 2 atom stereocenters. The van der Waals surface area contributed by atoms with Crippen molar-refractivity contribution in [1.82, 2.24) is 5.32 Å². The summed E-state index contributed by atoms with van der Waals surface area (Å²) in [5.41, 5.74) is 0.775. The van der Waals surface area contributed by atoms with Crippen LogP contribution in [0, 0.1) is 0 Å². The number of hydrogen-bond donors (Lipinski definition) is 2. The van der Waals surface area contributed by atoms with E-state index >= 15 is 0 Å². The zero-order chi connectivity index (χ0) is 15.2. The molecule has 2 heterocycles. The van der Waals surface area contributed by atoms with E-state index in [1.54, 1.807) is 0 Å². The monoisotopic (exact) mass is 306 g/mol. The van der Waals surface area contributed by atoms with Crippen LogP contribution < -0.4 is 15.4 Å². The molecule has 2 unspecified atom stereocenters. The number of morpholine rings is 1. The summed E-state index contributed by atoms with van der Waals surface area (Å²) in [5, 5.41) is 6.16. The van der Waals surface area contributed by atoms with E-state index in [1.165, 1.54) is 0 Å². The molecule has 1 aromatic rings. The molecule has 2 aliphatic rings. The maximum atomic E-state index is 12.0. The summed E-state index contributed by atoms with van der Waals surface area (Å²) in [6.07, 6.45) is 1.48. The van der Waals surface area contributed by atoms with Gasteiger partial charge in [-0.25, -0.2) is 0 Å². The molecule has 0 aromatic heterocycles. The highest BCUT2D eigenvalue weighted by Crippen LogP contribution is 2.19. The molecule has 22 heavy (non-hydrogen) atoms. The Balaban J connectivity index is 1.46. The van der Waals surface area contributed by atoms with Crippen molar-refractivity contribution in [3.05, 3.63) is 24.3 Å². The quantitative estimate of drug-likeness (QED) is 0.855. The summed E-state index contributed by atoms with van der Waals surface area (Å²) < 4.78 is 16.4. The summed E-state index contributed by atoms with van der Waals surface area (Å²) in [6, 6.07) is 7.55. The fourth-order valence-electron chi connectivity index (χ4n) is 2.60. The highest BCUT2D eigenvalue weighted by atomic mass is 16.5. The number of hydrogen-bond acceptors (Lipinski definition) is 5. The maximum Gasteiger partial charge on any atom is 0.226 e. The van der Waals surface area contributed by atoms with Gasteiger partial charge in [-0.1, -0.05) is 0 Å². The van der Waals surface area contributed by atoms with Crippen LogP contribution in [0.2, 0.25) is 0 Å². The lowest BCUT2D eigenvalue weighted by molar-refractivity contribution is -0.117. The van der Waals surface area contributed by atoms with Crippen molar-refractivity contribution in [2.45, 2.75) is 25.0 Å². The van der Waals surface area contributed by atoms with Crippen LogP contribution in [-0.2, 0) is 14.3 Å². The molecular formula is C16H22N2O4. The Kier molecular flexibility index (Phi) is 5.26. The van der Waals surface area contributed by atoms with Gasteiger partial charge >= 0.3 is 0 Å². The molecule has 6 nitrogen and oxygen atoms in total. The molecule has 0 bridgehead atoms. The zero-order valence-electron chi connectivity index (χ0n) is 12.5. The van der Waals surface area contributed by atoms with Gasteiger partial charge in [0.15, 0.2) is 0 Å². The van der Waals surface area contributed by atoms with Gasteiger partial charge in [-0.15, -0.1) is 0 Å². The molecule has 2 fully saturated rings. The number of benzene rings is 1. The van der Waals surface area contributed by atoms with Crippen molar-refractivity contribution < 1.29 is 19.0 Å². The lowest BCUT2D eigenvalue weighted by Crippen LogP contribution is -2.43. The number of ether oxygens (including phenoxy) is 3. The zero-order valence-corrected chi connectivity index (χ0v) is 12.5. The first-order chi connectivity index (χ1) is 10.8. The van der Waals surface area contributed by atoms with Gasteiger partial charge in [0, 0.05) is 31.1 Å². The average molecular weight is 306 g/mol. The van der Waals surface area contributed by atoms with E-state index in [0.717, 1.165) is 31.0 Å². The van der Waals surface area contributed by atoms with Gasteiger partial charge in [0.1, 0.15) is 11.9 Å². The molecule has 0 aliphatic carbocycles. The highest BCUT2D eigenvalue weighted by molar-refractivity contribution is 5.91. The van der Waals surface area contributed by atoms with Gasteiger partial charge in [-0.3, -0.25) is 4.79 Å². The predicted octanol–water partition coefficient (Wildman–Crippen LogP) is 1.17. The highest BCUT2D eigenvalue weighted by Gasteiger charge is 2.18. The second-order valence-electron chi connectivity index (χ2n) is 5.61. The number of carbonyl (C=O) groups is 1. The Bertz CT molecular complexity index is 479. The van der Waals surface area contributed by atoms with E-state index in [9.17, 15) is 4.79 Å². The second kappa shape index (κ2) is 7.58. The van der Waals surface area contributed by atoms with E-state index in [1.807, 2.05) is 24.3 Å². The van der Waals surface area contributed by atoms with Crippen molar-refractivity contribution in [3.63, 3.8) is 0 Å². The number of anilines is 1. The summed E-state index contributed by atoms with van der Waals surface area (Å²) in [7, 11) is 0. The van der Waals surface area contributed by atoms with Crippen molar-refractivity contribution in [2.75, 3.05) is 38.3 Å². The lowest BCUT2D eigenvalue weighted by Gasteiger charge is -2.23. The number of rotatable bonds is 5. The van der Waals surface area contributed by atoms with Crippen molar-refractivity contribution in [1.29, 1.82) is 0 Å². The SMILES string of the molecule is O=C(CC1COCCN1)Nc1ccc(OC2CCOC2)cc1. The minimum Gasteiger partial charge on any atom is -0.488 e. The van der Waals surface area contributed by atoms with Gasteiger partial charge in [0.2, 0.25) is 5.91 Å². The third-order valence-corrected chi connectivity index (χ3v) is 3.76. The Morgan fingerprint density at radius 1 is 1.23 bits per heavy atom. The summed E-state index contributed by atoms with van der Waals surface area (Å²) >= 11 is 0. The van der Waals surface area contributed by atoms with Crippen LogP contribution in [0.5, 0.6) is 5.75 Å². The molecule has 1 aromatic carbocycles. The van der Waals surface area contributed by atoms with Crippen molar-refractivity contribution in [3.8, 4) is 5.75 Å². The Labute approximate surface area is 130 Å². The van der Waals surface area contributed by atoms with Crippen LogP contribution in [-0.4, -0.2) is 51.0 Å². The van der Waals surface area contributed by atoms with Crippen molar-refractivity contribution in [2.24, 2.45) is 0 Å². The van der Waals surface area contributed by atoms with E-state index in [2.05, 4.69) is 10.6 Å². The molecule has 1 amide bonds. The number of carbonyl (C=O) groups excluding carboxylic acids is 1. The van der Waals surface area contributed by atoms with Crippen LogP contribution in [0.4, 0.5) is 5.69 Å². The normalized spacial score (nSPS) is 24.9. The second-order valence-corrected chi connectivity index (χ2v) is 5.61. The van der Waals surface area contributed by atoms with Crippen LogP contribution in [0.1, 0.15) is 12.8 Å². The fourth-order valence-corrected chi connectivity index (χ4v) is 2.60. The topological polar surface area (TPSA) is 68.8 Å². The van der Waals surface area contributed by atoms with Gasteiger partial charge in [-0.05, 0) is 24.3 Å². The Morgan fingerprint density at radius 3 is 2.73 bits per heavy atom. The minimum atomic E-state index is -0.0131. The molecular weight excluding hydrogens is 284 g/mol. The molecule has 0 spiro atoms. The van der Waals surface area contributed by atoms with Crippen LogP contribution >= 0.6 is 0 Å². The molecule has 2 aliphatic heterocycles. The first kappa shape index (κ1) is 15.3. The molecule has 2 N–H and O–H groups in total. The molecule has 6 heteroatoms. The van der Waals surface area contributed by atoms with E-state index in [0.29, 0.717) is 26.2 Å². The van der Waals surface area contributed by atoms with Crippen LogP contribution in [0.25, 0.3) is 0 Å². The first-order valence-electron chi connectivity index (χ1n) is 7.75. The minimum absolute atomic E-state index is 0.0131. The third kappa shape index (κ3) is 4.43. The summed E-state index contributed by atoms with van der Waals surface area (Å²) in [4.78, 5) is 12.0. The van der Waals surface area contributed by atoms with Gasteiger partial charge in [-0.2, -0.15) is 0 Å². The Morgan fingerprint density at radius 2 is 2.05 bits per heavy atom. The van der Waals surface area contributed by atoms with Crippen LogP contribution in [0.3, 0.4) is 0 Å². The van der Waals surface area contributed by atoms with Gasteiger partial charge < -0.3 is 24.8 Å². The summed E-state index contributed by atoms with van der Waals surface area (Å²) in [6.45, 7) is 3.51. The first-order valence-corrected chi connectivity index (χ1v) is 7.75. The molecule has 0 radical (unpaired) electrons. The molecule has 120 valence electrons. The van der Waals surface area contributed by atoms with E-state index in [-0.39, 0.29) is 18.1 Å². The average Bonchev–Trinajstić information content (AvgIpc) is 3.03. The fraction of sp³-hybridized carbons (Fsp3) is 0.562. The number of nitrogens with one attached hydrogen (secondary N) is 2. The third-order valence-electron chi connectivity index (χ3n) is 3.76. The molecule has 2 saturated heterocycles. The van der Waals surface area contributed by atoms with Crippen LogP contribution in [0.15, 0.2) is 24.3 Å². The largest absolute Gasteiger partial charge is 0.488 e. The van der Waals surface area contributed by atoms with Gasteiger partial charge in [0.25, 0.3) is 0 Å².